The van der Waals surface area contributed by atoms with Crippen molar-refractivity contribution in [3.8, 4) is 0 Å². The van der Waals surface area contributed by atoms with Crippen LogP contribution in [-0.2, 0) is 33.3 Å². The van der Waals surface area contributed by atoms with Crippen molar-refractivity contribution >= 4 is 17.9 Å². The molecule has 450 valence electrons. The summed E-state index contributed by atoms with van der Waals surface area (Å²) in [4.78, 5) is 37.3. The van der Waals surface area contributed by atoms with Gasteiger partial charge in [-0.3, -0.25) is 9.59 Å². The molecule has 0 bridgehead atoms. The lowest BCUT2D eigenvalue weighted by Crippen LogP contribution is -2.44. The number of hydrogen-bond acceptors (Lipinski definition) is 8. The first-order valence-electron chi connectivity index (χ1n) is 32.2. The Kier molecular flexibility index (Phi) is 56.9. The number of esters is 2. The van der Waals surface area contributed by atoms with Crippen LogP contribution in [0, 0.1) is 0 Å². The summed E-state index contributed by atoms with van der Waals surface area (Å²) in [6.07, 6.45) is 76.7. The van der Waals surface area contributed by atoms with E-state index in [-0.39, 0.29) is 38.6 Å². The predicted molar refractivity (Wildman–Crippen MR) is 329 cm³/mol. The van der Waals surface area contributed by atoms with E-state index in [9.17, 15) is 19.5 Å². The third kappa shape index (κ3) is 60.1. The van der Waals surface area contributed by atoms with Crippen molar-refractivity contribution in [2.24, 2.45) is 0 Å². The second-order valence-corrected chi connectivity index (χ2v) is 22.7. The summed E-state index contributed by atoms with van der Waals surface area (Å²) in [5.74, 6) is -2.29. The summed E-state index contributed by atoms with van der Waals surface area (Å²) < 4.78 is 22.7. The second kappa shape index (κ2) is 59.6. The summed E-state index contributed by atoms with van der Waals surface area (Å²) in [6.45, 7) is 4.59. The van der Waals surface area contributed by atoms with Gasteiger partial charge in [0.15, 0.2) is 12.4 Å². The Morgan fingerprint density at radius 3 is 1.09 bits per heavy atom. The molecule has 0 aromatic rings. The number of aliphatic carboxylic acids is 1. The van der Waals surface area contributed by atoms with Gasteiger partial charge in [0.25, 0.3) is 0 Å². The Bertz CT molecular complexity index is 1550. The van der Waals surface area contributed by atoms with Crippen LogP contribution in [0.25, 0.3) is 0 Å². The molecule has 0 aromatic carbocycles. The van der Waals surface area contributed by atoms with Crippen molar-refractivity contribution in [1.29, 1.82) is 0 Å². The van der Waals surface area contributed by atoms with E-state index in [4.69, 9.17) is 18.9 Å². The van der Waals surface area contributed by atoms with Gasteiger partial charge in [-0.05, 0) is 83.5 Å². The van der Waals surface area contributed by atoms with Crippen molar-refractivity contribution in [3.05, 3.63) is 85.1 Å². The molecule has 0 aliphatic heterocycles. The first-order chi connectivity index (χ1) is 38.1. The van der Waals surface area contributed by atoms with Gasteiger partial charge < -0.3 is 33.3 Å². The highest BCUT2D eigenvalue weighted by Crippen LogP contribution is 2.17. The van der Waals surface area contributed by atoms with Crippen molar-refractivity contribution < 1.29 is 42.9 Å². The molecule has 0 amide bonds. The molecule has 0 aliphatic rings. The van der Waals surface area contributed by atoms with Gasteiger partial charge in [-0.25, -0.2) is 0 Å². The molecule has 2 atom stereocenters. The number of carboxylic acid groups (broad SMARTS) is 1. The molecule has 78 heavy (non-hydrogen) atoms. The van der Waals surface area contributed by atoms with Crippen LogP contribution in [-0.4, -0.2) is 82.3 Å². The number of rotatable bonds is 59. The van der Waals surface area contributed by atoms with E-state index >= 15 is 0 Å². The minimum Gasteiger partial charge on any atom is -0.545 e. The molecular formula is C69H121NO8. The number of allylic oxidation sites excluding steroid dienone is 14. The van der Waals surface area contributed by atoms with Gasteiger partial charge >= 0.3 is 11.9 Å². The zero-order valence-electron chi connectivity index (χ0n) is 51.3. The highest BCUT2D eigenvalue weighted by atomic mass is 16.7. The van der Waals surface area contributed by atoms with Gasteiger partial charge in [0.05, 0.1) is 40.3 Å². The highest BCUT2D eigenvalue weighted by Gasteiger charge is 2.22. The fraction of sp³-hybridized carbons (Fsp3) is 0.754. The molecular weight excluding hydrogens is 971 g/mol. The Hall–Kier alpha value is -3.53. The number of carbonyl (C=O) groups excluding carboxylic acids is 3. The SMILES string of the molecule is CC/C=C\C/C=C\C/C=C\C/C=C\C/C=C\CCCCCCCCCCCCCCCCCCCCCCCCCC(=O)OC(COC(=O)CCCCCCC/C=C\C/C=C\CCCC)COC(OCC[N+](C)(C)C)C(=O)[O-]. The number of nitrogens with zero attached hydrogens (tertiary/aromatic N) is 1. The lowest BCUT2D eigenvalue weighted by atomic mass is 10.0. The van der Waals surface area contributed by atoms with E-state index in [0.717, 1.165) is 96.3 Å². The van der Waals surface area contributed by atoms with E-state index in [1.54, 1.807) is 0 Å². The van der Waals surface area contributed by atoms with Crippen molar-refractivity contribution in [2.45, 2.75) is 289 Å². The van der Waals surface area contributed by atoms with Crippen LogP contribution in [0.5, 0.6) is 0 Å². The number of carbonyl (C=O) groups is 3. The number of quaternary nitrogens is 1. The van der Waals surface area contributed by atoms with Gasteiger partial charge in [0.1, 0.15) is 13.2 Å². The molecule has 0 N–H and O–H groups in total. The van der Waals surface area contributed by atoms with E-state index in [1.165, 1.54) is 148 Å². The number of carboxylic acids is 1. The van der Waals surface area contributed by atoms with Crippen molar-refractivity contribution in [1.82, 2.24) is 0 Å². The van der Waals surface area contributed by atoms with Crippen molar-refractivity contribution in [2.75, 3.05) is 47.5 Å². The molecule has 0 rings (SSSR count). The molecule has 0 heterocycles. The van der Waals surface area contributed by atoms with Crippen LogP contribution < -0.4 is 5.11 Å². The molecule has 0 fully saturated rings. The maximum absolute atomic E-state index is 12.9. The van der Waals surface area contributed by atoms with Crippen LogP contribution >= 0.6 is 0 Å². The normalized spacial score (nSPS) is 13.3. The smallest absolute Gasteiger partial charge is 0.306 e. The fourth-order valence-electron chi connectivity index (χ4n) is 8.93. The molecule has 0 saturated heterocycles. The first kappa shape index (κ1) is 74.5. The van der Waals surface area contributed by atoms with Crippen LogP contribution in [0.2, 0.25) is 0 Å². The summed E-state index contributed by atoms with van der Waals surface area (Å²) in [5, 5.41) is 11.8. The molecule has 0 saturated carbocycles. The Balaban J connectivity index is 3.98. The maximum atomic E-state index is 12.9. The molecule has 0 aliphatic carbocycles. The van der Waals surface area contributed by atoms with Crippen LogP contribution in [0.3, 0.4) is 0 Å². The zero-order chi connectivity index (χ0) is 56.9. The number of ether oxygens (including phenoxy) is 4. The number of likely N-dealkylation sites (N-methyl/N-ethyl adjacent to an activating group) is 1. The summed E-state index contributed by atoms with van der Waals surface area (Å²) in [7, 11) is 5.92. The summed E-state index contributed by atoms with van der Waals surface area (Å²) in [6, 6.07) is 0. The fourth-order valence-corrected chi connectivity index (χ4v) is 8.93. The highest BCUT2D eigenvalue weighted by molar-refractivity contribution is 5.70. The third-order valence-corrected chi connectivity index (χ3v) is 13.9. The quantitative estimate of drug-likeness (QED) is 0.0195. The molecule has 0 aromatic heterocycles. The molecule has 9 heteroatoms. The van der Waals surface area contributed by atoms with Crippen LogP contribution in [0.1, 0.15) is 277 Å². The van der Waals surface area contributed by atoms with E-state index in [2.05, 4.69) is 98.9 Å². The Labute approximate surface area is 480 Å². The topological polar surface area (TPSA) is 111 Å². The van der Waals surface area contributed by atoms with Crippen molar-refractivity contribution in [3.63, 3.8) is 0 Å². The minimum atomic E-state index is -1.62. The third-order valence-electron chi connectivity index (χ3n) is 13.9. The molecule has 9 nitrogen and oxygen atoms in total. The largest absolute Gasteiger partial charge is 0.545 e. The van der Waals surface area contributed by atoms with Gasteiger partial charge in [-0.2, -0.15) is 0 Å². The number of hydrogen-bond donors (Lipinski definition) is 0. The standard InChI is InChI=1S/C69H121NO8/c1-6-8-10-12-14-16-18-20-22-23-24-25-26-27-28-29-30-31-32-33-34-35-36-37-38-39-40-41-42-43-44-45-46-48-50-52-54-56-58-60-67(72)78-65(64-77-69(68(73)74)75-62-61-70(3,4)5)63-76-66(71)59-57-55-53-51-49-47-21-19-17-15-13-11-9-7-2/h8,10,13-16,19-22,24-25,27-28,65,69H,6-7,9,11-12,17-18,23,26,29-64H2,1-5H3/b10-8-,15-13-,16-14-,21-19-,22-20-,25-24-,28-27-. The van der Waals surface area contributed by atoms with Crippen LogP contribution in [0.15, 0.2) is 85.1 Å². The average molecular weight is 1090 g/mol. The lowest BCUT2D eigenvalue weighted by Gasteiger charge is -2.26. The Morgan fingerprint density at radius 1 is 0.397 bits per heavy atom. The molecule has 0 radical (unpaired) electrons. The lowest BCUT2D eigenvalue weighted by molar-refractivity contribution is -0.870. The molecule has 0 spiro atoms. The second-order valence-electron chi connectivity index (χ2n) is 22.7. The van der Waals surface area contributed by atoms with Gasteiger partial charge in [0.2, 0.25) is 0 Å². The zero-order valence-corrected chi connectivity index (χ0v) is 51.3. The minimum absolute atomic E-state index is 0.145. The molecule has 2 unspecified atom stereocenters. The van der Waals surface area contributed by atoms with E-state index in [1.807, 2.05) is 21.1 Å². The maximum Gasteiger partial charge on any atom is 0.306 e. The monoisotopic (exact) mass is 1090 g/mol. The first-order valence-corrected chi connectivity index (χ1v) is 32.2. The van der Waals surface area contributed by atoms with E-state index < -0.39 is 24.3 Å². The summed E-state index contributed by atoms with van der Waals surface area (Å²) >= 11 is 0. The Morgan fingerprint density at radius 2 is 0.731 bits per heavy atom. The summed E-state index contributed by atoms with van der Waals surface area (Å²) in [5.41, 5.74) is 0. The van der Waals surface area contributed by atoms with E-state index in [0.29, 0.717) is 17.4 Å². The predicted octanol–water partition coefficient (Wildman–Crippen LogP) is 18.2. The van der Waals surface area contributed by atoms with Crippen LogP contribution in [0.4, 0.5) is 0 Å². The van der Waals surface area contributed by atoms with Gasteiger partial charge in [0, 0.05) is 12.8 Å². The number of unbranched alkanes of at least 4 members (excludes halogenated alkanes) is 30. The van der Waals surface area contributed by atoms with Gasteiger partial charge in [-0.1, -0.05) is 266 Å². The average Bonchev–Trinajstić information content (AvgIpc) is 3.41. The van der Waals surface area contributed by atoms with Gasteiger partial charge in [-0.15, -0.1) is 0 Å².